The maximum absolute atomic E-state index is 13.3. The Kier molecular flexibility index (Phi) is 5.69. The van der Waals surface area contributed by atoms with Crippen LogP contribution in [-0.2, 0) is 14.8 Å². The molecule has 2 aromatic carbocycles. The van der Waals surface area contributed by atoms with Crippen LogP contribution in [0.5, 0.6) is 11.5 Å². The summed E-state index contributed by atoms with van der Waals surface area (Å²) in [6.07, 6.45) is -0.805. The summed E-state index contributed by atoms with van der Waals surface area (Å²) < 4.78 is 57.4. The van der Waals surface area contributed by atoms with Gasteiger partial charge in [-0.1, -0.05) is 12.1 Å². The van der Waals surface area contributed by atoms with Crippen molar-refractivity contribution in [2.45, 2.75) is 24.0 Å². The first-order valence-electron chi connectivity index (χ1n) is 8.48. The van der Waals surface area contributed by atoms with Gasteiger partial charge in [0.1, 0.15) is 22.2 Å². The molecule has 0 aromatic heterocycles. The summed E-state index contributed by atoms with van der Waals surface area (Å²) in [5.74, 6) is 0.312. The van der Waals surface area contributed by atoms with Gasteiger partial charge < -0.3 is 14.2 Å². The van der Waals surface area contributed by atoms with Crippen molar-refractivity contribution in [3.63, 3.8) is 0 Å². The van der Waals surface area contributed by atoms with E-state index < -0.39 is 16.1 Å². The molecule has 1 heterocycles. The van der Waals surface area contributed by atoms with Crippen molar-refractivity contribution in [3.8, 4) is 11.5 Å². The van der Waals surface area contributed by atoms with Gasteiger partial charge in [-0.05, 0) is 36.8 Å². The third-order valence-corrected chi connectivity index (χ3v) is 6.31. The lowest BCUT2D eigenvalue weighted by Gasteiger charge is -2.36. The normalized spacial score (nSPS) is 21.0. The summed E-state index contributed by atoms with van der Waals surface area (Å²) in [6.45, 7) is 2.14. The highest BCUT2D eigenvalue weighted by Crippen LogP contribution is 2.34. The maximum atomic E-state index is 13.3. The van der Waals surface area contributed by atoms with Crippen molar-refractivity contribution in [2.24, 2.45) is 0 Å². The molecule has 6 nitrogen and oxygen atoms in total. The highest BCUT2D eigenvalue weighted by atomic mass is 32.2. The predicted molar refractivity (Wildman–Crippen MR) is 98.0 cm³/mol. The second-order valence-corrected chi connectivity index (χ2v) is 8.23. The van der Waals surface area contributed by atoms with Crippen LogP contribution in [0.2, 0.25) is 0 Å². The van der Waals surface area contributed by atoms with Crippen molar-refractivity contribution in [1.29, 1.82) is 0 Å². The molecule has 2 unspecified atom stereocenters. The summed E-state index contributed by atoms with van der Waals surface area (Å²) in [5, 5.41) is 0. The van der Waals surface area contributed by atoms with E-state index in [2.05, 4.69) is 0 Å². The molecule has 146 valence electrons. The molecular weight excluding hydrogens is 373 g/mol. The maximum Gasteiger partial charge on any atom is 0.247 e. The number of methoxy groups -OCH3 is 2. The van der Waals surface area contributed by atoms with Crippen molar-refractivity contribution >= 4 is 10.0 Å². The fraction of sp³-hybridized carbons (Fsp3) is 0.368. The average Bonchev–Trinajstić information content (AvgIpc) is 2.67. The summed E-state index contributed by atoms with van der Waals surface area (Å²) in [4.78, 5) is 0.0382. The van der Waals surface area contributed by atoms with E-state index in [0.717, 1.165) is 5.56 Å². The number of hydrogen-bond acceptors (Lipinski definition) is 5. The van der Waals surface area contributed by atoms with Gasteiger partial charge in [0.25, 0.3) is 0 Å². The van der Waals surface area contributed by atoms with E-state index in [4.69, 9.17) is 14.2 Å². The second kappa shape index (κ2) is 7.84. The number of morpholine rings is 1. The lowest BCUT2D eigenvalue weighted by atomic mass is 10.1. The second-order valence-electron chi connectivity index (χ2n) is 6.33. The summed E-state index contributed by atoms with van der Waals surface area (Å²) in [6, 6.07) is 10.5. The molecule has 0 amide bonds. The number of hydrogen-bond donors (Lipinski definition) is 0. The number of rotatable bonds is 5. The largest absolute Gasteiger partial charge is 0.497 e. The molecule has 1 aliphatic heterocycles. The zero-order chi connectivity index (χ0) is 19.6. The molecule has 1 saturated heterocycles. The van der Waals surface area contributed by atoms with Crippen LogP contribution in [-0.4, -0.2) is 46.1 Å². The average molecular weight is 395 g/mol. The van der Waals surface area contributed by atoms with Crippen LogP contribution in [0.1, 0.15) is 18.6 Å². The minimum atomic E-state index is -3.85. The van der Waals surface area contributed by atoms with Gasteiger partial charge >= 0.3 is 0 Å². The van der Waals surface area contributed by atoms with Crippen LogP contribution in [0.3, 0.4) is 0 Å². The monoisotopic (exact) mass is 395 g/mol. The van der Waals surface area contributed by atoms with E-state index in [0.29, 0.717) is 5.75 Å². The Balaban J connectivity index is 1.95. The van der Waals surface area contributed by atoms with Crippen molar-refractivity contribution in [2.75, 3.05) is 27.3 Å². The molecule has 0 N–H and O–H groups in total. The van der Waals surface area contributed by atoms with Gasteiger partial charge in [-0.25, -0.2) is 12.8 Å². The van der Waals surface area contributed by atoms with Gasteiger partial charge in [-0.2, -0.15) is 4.31 Å². The van der Waals surface area contributed by atoms with Crippen LogP contribution in [0, 0.1) is 5.82 Å². The van der Waals surface area contributed by atoms with Crippen LogP contribution < -0.4 is 9.47 Å². The molecule has 0 bridgehead atoms. The van der Waals surface area contributed by atoms with E-state index in [1.54, 1.807) is 31.2 Å². The van der Waals surface area contributed by atoms with Crippen molar-refractivity contribution in [3.05, 3.63) is 53.8 Å². The third-order valence-electron chi connectivity index (χ3n) is 4.46. The number of benzene rings is 2. The topological polar surface area (TPSA) is 65.1 Å². The Hall–Kier alpha value is -2.16. The van der Waals surface area contributed by atoms with Gasteiger partial charge in [-0.15, -0.1) is 0 Å². The first kappa shape index (κ1) is 19.6. The predicted octanol–water partition coefficient (Wildman–Crippen LogP) is 2.99. The fourth-order valence-corrected chi connectivity index (χ4v) is 4.78. The first-order valence-corrected chi connectivity index (χ1v) is 9.92. The Labute approximate surface area is 158 Å². The molecule has 27 heavy (non-hydrogen) atoms. The molecule has 2 aromatic rings. The fourth-order valence-electron chi connectivity index (χ4n) is 3.10. The smallest absolute Gasteiger partial charge is 0.247 e. The Morgan fingerprint density at radius 1 is 1.07 bits per heavy atom. The zero-order valence-electron chi connectivity index (χ0n) is 15.4. The van der Waals surface area contributed by atoms with Crippen molar-refractivity contribution in [1.82, 2.24) is 4.31 Å². The van der Waals surface area contributed by atoms with Gasteiger partial charge in [0, 0.05) is 19.2 Å². The minimum absolute atomic E-state index is 0.0382. The summed E-state index contributed by atoms with van der Waals surface area (Å²) in [5.41, 5.74) is 0.723. The standard InChI is InChI=1S/C19H22FNO5S/c1-13-11-21(12-18(26-13)14-4-6-15(20)7-5-14)27(22,23)19-10-16(24-2)8-9-17(19)25-3/h4-10,13,18H,11-12H2,1-3H3. The number of nitrogens with zero attached hydrogens (tertiary/aromatic N) is 1. The molecule has 0 saturated carbocycles. The SMILES string of the molecule is COc1ccc(OC)c(S(=O)(=O)N2CC(C)OC(c3ccc(F)cc3)C2)c1. The Morgan fingerprint density at radius 2 is 1.78 bits per heavy atom. The van der Waals surface area contributed by atoms with E-state index in [1.807, 2.05) is 0 Å². The number of halogens is 1. The molecule has 0 aliphatic carbocycles. The molecule has 3 rings (SSSR count). The quantitative estimate of drug-likeness (QED) is 0.779. The van der Waals surface area contributed by atoms with E-state index in [1.165, 1.54) is 36.7 Å². The third kappa shape index (κ3) is 4.07. The van der Waals surface area contributed by atoms with E-state index in [9.17, 15) is 12.8 Å². The highest BCUT2D eigenvalue weighted by molar-refractivity contribution is 7.89. The van der Waals surface area contributed by atoms with Crippen molar-refractivity contribution < 1.29 is 27.0 Å². The van der Waals surface area contributed by atoms with Gasteiger partial charge in [0.05, 0.1) is 26.4 Å². The summed E-state index contributed by atoms with van der Waals surface area (Å²) in [7, 11) is -0.953. The summed E-state index contributed by atoms with van der Waals surface area (Å²) >= 11 is 0. The van der Waals surface area contributed by atoms with E-state index >= 15 is 0 Å². The van der Waals surface area contributed by atoms with Crippen LogP contribution in [0.4, 0.5) is 4.39 Å². The van der Waals surface area contributed by atoms with Crippen LogP contribution in [0.25, 0.3) is 0 Å². The molecular formula is C19H22FNO5S. The Bertz CT molecular complexity index is 901. The molecule has 1 aliphatic rings. The number of ether oxygens (including phenoxy) is 3. The lowest BCUT2D eigenvalue weighted by Crippen LogP contribution is -2.45. The molecule has 1 fully saturated rings. The Morgan fingerprint density at radius 3 is 2.41 bits per heavy atom. The lowest BCUT2D eigenvalue weighted by molar-refractivity contribution is -0.0557. The number of sulfonamides is 1. The molecule has 0 radical (unpaired) electrons. The first-order chi connectivity index (χ1) is 12.8. The minimum Gasteiger partial charge on any atom is -0.497 e. The molecule has 8 heteroatoms. The van der Waals surface area contributed by atoms with Gasteiger partial charge in [0.15, 0.2) is 0 Å². The van der Waals surface area contributed by atoms with Crippen LogP contribution >= 0.6 is 0 Å². The van der Waals surface area contributed by atoms with Crippen LogP contribution in [0.15, 0.2) is 47.4 Å². The molecule has 0 spiro atoms. The van der Waals surface area contributed by atoms with E-state index in [-0.39, 0.29) is 35.7 Å². The molecule has 2 atom stereocenters. The van der Waals surface area contributed by atoms with Gasteiger partial charge in [0.2, 0.25) is 10.0 Å². The van der Waals surface area contributed by atoms with Gasteiger partial charge in [-0.3, -0.25) is 0 Å². The zero-order valence-corrected chi connectivity index (χ0v) is 16.2. The highest BCUT2D eigenvalue weighted by Gasteiger charge is 2.36.